The Balaban J connectivity index is 0.000000106. The monoisotopic (exact) mass is 1690 g/mol. The molecule has 0 bridgehead atoms. The number of hydrogen-bond acceptors (Lipinski definition) is 21. The van der Waals surface area contributed by atoms with E-state index in [-0.39, 0.29) is 0 Å². The van der Waals surface area contributed by atoms with Gasteiger partial charge in [0.1, 0.15) is 33.1 Å². The van der Waals surface area contributed by atoms with E-state index in [1.165, 1.54) is 32.3 Å². The first-order valence-corrected chi connectivity index (χ1v) is 43.0. The first-order valence-electron chi connectivity index (χ1n) is 43.0. The van der Waals surface area contributed by atoms with Gasteiger partial charge in [-0.2, -0.15) is 0 Å². The lowest BCUT2D eigenvalue weighted by atomic mass is 9.95. The lowest BCUT2D eigenvalue weighted by Crippen LogP contribution is -2.02. The van der Waals surface area contributed by atoms with E-state index < -0.39 is 0 Å². The van der Waals surface area contributed by atoms with Crippen LogP contribution in [0.25, 0.3) is 265 Å². The minimum Gasteiger partial charge on any atom is -0.208 e. The Labute approximate surface area is 749 Å². The summed E-state index contributed by atoms with van der Waals surface area (Å²) in [7, 11) is 0. The fourth-order valence-electron chi connectivity index (χ4n) is 18.1. The molecule has 0 spiro atoms. The first kappa shape index (κ1) is 75.9. The average molecular weight is 1690 g/mol. The van der Waals surface area contributed by atoms with Crippen molar-refractivity contribution in [3.63, 3.8) is 0 Å². The molecule has 0 aliphatic carbocycles. The van der Waals surface area contributed by atoms with E-state index in [9.17, 15) is 0 Å². The molecule has 0 unspecified atom stereocenters. The van der Waals surface area contributed by atoms with Gasteiger partial charge in [-0.25, -0.2) is 44.9 Å². The summed E-state index contributed by atoms with van der Waals surface area (Å²) in [6, 6.07) is 132. The van der Waals surface area contributed by atoms with Crippen molar-refractivity contribution in [2.24, 2.45) is 0 Å². The van der Waals surface area contributed by atoms with E-state index in [1.807, 2.05) is 54.6 Å². The molecule has 21 nitrogen and oxygen atoms in total. The van der Waals surface area contributed by atoms with Crippen molar-refractivity contribution in [2.45, 2.75) is 0 Å². The highest BCUT2D eigenvalue weighted by Crippen LogP contribution is 2.43. The van der Waals surface area contributed by atoms with Crippen LogP contribution in [0.2, 0.25) is 0 Å². The standard InChI is InChI=1S/3C37H21N7/c1-5-13-27-22(9-1)19-23-10-2-6-14-28(23)33(27)36-38-35(26-17-18-31-32(21-26)42-44-43-41-31)39-37(40-36)34-29-15-7-3-11-24(29)20-25-12-4-8-16-30(25)34;1-3-9-24-19-31-26(17-22(24)7-1)11-5-13-29(31)36-38-35(28-15-16-33-34(21-28)42-44-43-41-33)39-37(40-36)30-14-6-12-27-18-23-8-2-4-10-25(23)20-32(27)30;1-3-7-24-17-31-19-28(11-9-26(31)15-22(24)5-1)35-38-36(40-37(39-35)30-13-14-33-34(21-30)42-44-43-41-33)29-12-10-27-16-23-6-2-4-8-25(23)18-32(27)20-29/h3*1-21H. The lowest BCUT2D eigenvalue weighted by molar-refractivity contribution is 0.797. The second-order valence-electron chi connectivity index (χ2n) is 32.5. The summed E-state index contributed by atoms with van der Waals surface area (Å²) in [5.41, 5.74) is 11.8. The third-order valence-electron chi connectivity index (χ3n) is 24.5. The number of fused-ring (bicyclic) bond motifs is 15. The molecule has 0 fully saturated rings. The van der Waals surface area contributed by atoms with Gasteiger partial charge >= 0.3 is 0 Å². The highest BCUT2D eigenvalue weighted by molar-refractivity contribution is 6.15. The predicted molar refractivity (Wildman–Crippen MR) is 525 cm³/mol. The van der Waals surface area contributed by atoms with Crippen molar-refractivity contribution in [1.29, 1.82) is 0 Å². The predicted octanol–water partition coefficient (Wildman–Crippen LogP) is 24.7. The molecule has 6 heterocycles. The van der Waals surface area contributed by atoms with Gasteiger partial charge in [0.15, 0.2) is 52.4 Å². The van der Waals surface area contributed by atoms with Gasteiger partial charge in [0.05, 0.1) is 0 Å². The van der Waals surface area contributed by atoms with Crippen molar-refractivity contribution >= 4 is 162 Å². The summed E-state index contributed by atoms with van der Waals surface area (Å²) in [5, 5.41) is 74.3. The molecule has 21 aromatic carbocycles. The topological polar surface area (TPSA) is 271 Å². The molecule has 21 heteroatoms. The zero-order chi connectivity index (χ0) is 87.1. The van der Waals surface area contributed by atoms with Gasteiger partial charge < -0.3 is 0 Å². The molecule has 0 amide bonds. The molecule has 0 saturated heterocycles. The van der Waals surface area contributed by atoms with Gasteiger partial charge in [-0.05, 0) is 288 Å². The molecule has 0 radical (unpaired) electrons. The van der Waals surface area contributed by atoms with Crippen LogP contribution in [0.3, 0.4) is 0 Å². The van der Waals surface area contributed by atoms with Crippen molar-refractivity contribution < 1.29 is 0 Å². The molecule has 27 aromatic rings. The number of nitrogens with zero attached hydrogens (tertiary/aromatic N) is 21. The molecule has 0 N–H and O–H groups in total. The summed E-state index contributed by atoms with van der Waals surface area (Å²) in [5.74, 6) is 5.23. The highest BCUT2D eigenvalue weighted by atomic mass is 15.4. The van der Waals surface area contributed by atoms with E-state index >= 15 is 0 Å². The Kier molecular flexibility index (Phi) is 18.3. The van der Waals surface area contributed by atoms with Crippen LogP contribution in [0.1, 0.15) is 0 Å². The number of benzene rings is 21. The van der Waals surface area contributed by atoms with Gasteiger partial charge in [0, 0.05) is 50.1 Å². The normalized spacial score (nSPS) is 11.6. The van der Waals surface area contributed by atoms with E-state index in [2.05, 4.69) is 389 Å². The summed E-state index contributed by atoms with van der Waals surface area (Å²) < 4.78 is 0. The van der Waals surface area contributed by atoms with Crippen LogP contribution in [-0.2, 0) is 0 Å². The van der Waals surface area contributed by atoms with Crippen LogP contribution >= 0.6 is 0 Å². The maximum atomic E-state index is 5.29. The van der Waals surface area contributed by atoms with Gasteiger partial charge in [-0.15, -0.1) is 30.6 Å². The van der Waals surface area contributed by atoms with Crippen LogP contribution < -0.4 is 0 Å². The first-order chi connectivity index (χ1) is 65.3. The van der Waals surface area contributed by atoms with Gasteiger partial charge in [-0.1, -0.05) is 255 Å². The van der Waals surface area contributed by atoms with Crippen LogP contribution in [0.15, 0.2) is 382 Å². The summed E-state index contributed by atoms with van der Waals surface area (Å²) >= 11 is 0. The summed E-state index contributed by atoms with van der Waals surface area (Å²) in [6.07, 6.45) is 0. The second kappa shape index (κ2) is 31.8. The molecular formula is C111H63N21. The highest BCUT2D eigenvalue weighted by Gasteiger charge is 2.24. The van der Waals surface area contributed by atoms with E-state index in [4.69, 9.17) is 44.9 Å². The largest absolute Gasteiger partial charge is 0.208 e. The SMILES string of the molecule is c1ccc2c(-c3nc(-c4ccc5nnnnc5c4)nc(-c4c5ccccc5cc5ccccc45)n3)c3ccccc3cc2c1.c1ccc2cc3c(-c4nc(-c5ccc6nnnnc6c5)nc(-c5cccc6cc7ccccc7cc56)n4)cccc3cc2c1.c1ccc2cc3cc(-c4nc(-c5ccc6cc7ccccc7cc6c5)nc(-c5ccc6nnnnc6c5)n4)ccc3cc2c1. The second-order valence-corrected chi connectivity index (χ2v) is 32.5. The fraction of sp³-hybridized carbons (Fsp3) is 0. The van der Waals surface area contributed by atoms with Crippen molar-refractivity contribution in [1.82, 2.24) is 107 Å². The number of rotatable bonds is 9. The number of hydrogen-bond donors (Lipinski definition) is 0. The minimum absolute atomic E-state index is 0.541. The van der Waals surface area contributed by atoms with Crippen molar-refractivity contribution in [3.05, 3.63) is 382 Å². The summed E-state index contributed by atoms with van der Waals surface area (Å²) in [4.78, 5) is 45.9. The molecule has 0 saturated carbocycles. The van der Waals surface area contributed by atoms with Crippen LogP contribution in [0.5, 0.6) is 0 Å². The maximum absolute atomic E-state index is 5.29. The lowest BCUT2D eigenvalue weighted by Gasteiger charge is -2.15. The zero-order valence-corrected chi connectivity index (χ0v) is 69.8. The Bertz CT molecular complexity index is 8930. The zero-order valence-electron chi connectivity index (χ0n) is 69.8. The summed E-state index contributed by atoms with van der Waals surface area (Å²) in [6.45, 7) is 0. The fourth-order valence-corrected chi connectivity index (χ4v) is 18.1. The smallest absolute Gasteiger partial charge is 0.165 e. The minimum atomic E-state index is 0.541. The molecule has 0 aliphatic heterocycles. The quantitative estimate of drug-likeness (QED) is 0.121. The number of aromatic nitrogens is 21. The van der Waals surface area contributed by atoms with Crippen LogP contribution in [0, 0.1) is 0 Å². The molecule has 0 aliphatic rings. The molecule has 6 aromatic heterocycles. The van der Waals surface area contributed by atoms with Crippen molar-refractivity contribution in [2.75, 3.05) is 0 Å². The van der Waals surface area contributed by atoms with Gasteiger partial charge in [0.2, 0.25) is 0 Å². The molecule has 612 valence electrons. The van der Waals surface area contributed by atoms with E-state index in [0.29, 0.717) is 85.5 Å². The molecular weight excluding hydrogens is 1630 g/mol. The molecule has 0 atom stereocenters. The van der Waals surface area contributed by atoms with Gasteiger partial charge in [-0.3, -0.25) is 0 Å². The Morgan fingerprint density at radius 3 is 0.667 bits per heavy atom. The van der Waals surface area contributed by atoms with Crippen LogP contribution in [-0.4, -0.2) is 107 Å². The Hall–Kier alpha value is -18.6. The molecule has 132 heavy (non-hydrogen) atoms. The third kappa shape index (κ3) is 14.0. The maximum Gasteiger partial charge on any atom is 0.165 e. The van der Waals surface area contributed by atoms with E-state index in [1.54, 1.807) is 0 Å². The third-order valence-corrected chi connectivity index (χ3v) is 24.5. The van der Waals surface area contributed by atoms with Crippen LogP contribution in [0.4, 0.5) is 0 Å². The van der Waals surface area contributed by atoms with Gasteiger partial charge in [0.25, 0.3) is 0 Å². The Morgan fingerprint density at radius 1 is 0.121 bits per heavy atom. The van der Waals surface area contributed by atoms with E-state index in [0.717, 1.165) is 147 Å². The average Bonchev–Trinajstić information content (AvgIpc) is 0.743. The Morgan fingerprint density at radius 2 is 0.333 bits per heavy atom. The van der Waals surface area contributed by atoms with Crippen molar-refractivity contribution in [3.8, 4) is 102 Å². The molecule has 27 rings (SSSR count).